The molecule has 1 saturated carbocycles. The molecule has 0 aliphatic heterocycles. The molecular formula is C9H20N2O. The molecule has 0 aromatic rings. The van der Waals surface area contributed by atoms with E-state index in [2.05, 4.69) is 4.90 Å². The molecule has 0 amide bonds. The smallest absolute Gasteiger partial charge is 0.0639 e. The van der Waals surface area contributed by atoms with Crippen LogP contribution in [0.15, 0.2) is 0 Å². The van der Waals surface area contributed by atoms with Crippen molar-refractivity contribution in [3.8, 4) is 0 Å². The van der Waals surface area contributed by atoms with Gasteiger partial charge in [0.1, 0.15) is 0 Å². The van der Waals surface area contributed by atoms with E-state index in [0.717, 1.165) is 32.1 Å². The van der Waals surface area contributed by atoms with Crippen molar-refractivity contribution < 1.29 is 5.11 Å². The van der Waals surface area contributed by atoms with Crippen LogP contribution in [0, 0.1) is 0 Å². The van der Waals surface area contributed by atoms with Crippen molar-refractivity contribution in [3.63, 3.8) is 0 Å². The molecule has 0 saturated heterocycles. The average Bonchev–Trinajstić information content (AvgIpc) is 2.79. The highest BCUT2D eigenvalue weighted by molar-refractivity contribution is 4.85. The first-order valence-electron chi connectivity index (χ1n) is 4.86. The molecule has 0 spiro atoms. The van der Waals surface area contributed by atoms with Crippen LogP contribution < -0.4 is 5.73 Å². The third kappa shape index (κ3) is 3.52. The summed E-state index contributed by atoms with van der Waals surface area (Å²) in [6.07, 6.45) is 3.45. The van der Waals surface area contributed by atoms with E-state index in [1.165, 1.54) is 12.8 Å². The van der Waals surface area contributed by atoms with Gasteiger partial charge in [-0.2, -0.15) is 0 Å². The zero-order valence-corrected chi connectivity index (χ0v) is 7.87. The molecule has 1 fully saturated rings. The molecule has 0 bridgehead atoms. The van der Waals surface area contributed by atoms with Gasteiger partial charge >= 0.3 is 0 Å². The van der Waals surface area contributed by atoms with Crippen molar-refractivity contribution in [2.24, 2.45) is 5.73 Å². The van der Waals surface area contributed by atoms with Crippen molar-refractivity contribution in [1.82, 2.24) is 4.90 Å². The summed E-state index contributed by atoms with van der Waals surface area (Å²) in [5, 5.41) is 9.23. The Morgan fingerprint density at radius 3 is 2.67 bits per heavy atom. The lowest BCUT2D eigenvalue weighted by molar-refractivity contribution is 0.121. The van der Waals surface area contributed by atoms with Crippen molar-refractivity contribution in [2.75, 3.05) is 19.6 Å². The molecule has 0 aromatic carbocycles. The topological polar surface area (TPSA) is 49.5 Å². The number of aliphatic hydroxyl groups is 1. The summed E-state index contributed by atoms with van der Waals surface area (Å²) >= 11 is 0. The zero-order chi connectivity index (χ0) is 8.97. The predicted molar refractivity (Wildman–Crippen MR) is 49.9 cm³/mol. The van der Waals surface area contributed by atoms with Gasteiger partial charge < -0.3 is 10.8 Å². The van der Waals surface area contributed by atoms with Gasteiger partial charge in [-0.25, -0.2) is 0 Å². The van der Waals surface area contributed by atoms with E-state index in [1.807, 2.05) is 6.92 Å². The van der Waals surface area contributed by atoms with Crippen LogP contribution in [-0.4, -0.2) is 41.8 Å². The summed E-state index contributed by atoms with van der Waals surface area (Å²) in [4.78, 5) is 2.36. The molecule has 12 heavy (non-hydrogen) atoms. The Morgan fingerprint density at radius 2 is 2.25 bits per heavy atom. The highest BCUT2D eigenvalue weighted by Gasteiger charge is 2.28. The Balaban J connectivity index is 2.18. The second-order valence-corrected chi connectivity index (χ2v) is 3.72. The Morgan fingerprint density at radius 1 is 1.58 bits per heavy atom. The first-order valence-corrected chi connectivity index (χ1v) is 4.86. The molecule has 1 rings (SSSR count). The van der Waals surface area contributed by atoms with Crippen LogP contribution in [0.4, 0.5) is 0 Å². The fourth-order valence-corrected chi connectivity index (χ4v) is 1.50. The summed E-state index contributed by atoms with van der Waals surface area (Å²) in [6.45, 7) is 4.46. The maximum atomic E-state index is 9.23. The van der Waals surface area contributed by atoms with Gasteiger partial charge in [0.15, 0.2) is 0 Å². The van der Waals surface area contributed by atoms with Gasteiger partial charge in [-0.1, -0.05) is 0 Å². The minimum atomic E-state index is -0.205. The number of nitrogens with zero attached hydrogens (tertiary/aromatic N) is 1. The Hall–Kier alpha value is -0.120. The third-order valence-electron chi connectivity index (χ3n) is 2.21. The summed E-state index contributed by atoms with van der Waals surface area (Å²) < 4.78 is 0. The molecule has 0 aromatic heterocycles. The first kappa shape index (κ1) is 9.96. The number of rotatable bonds is 6. The van der Waals surface area contributed by atoms with Gasteiger partial charge in [0.25, 0.3) is 0 Å². The molecule has 0 heterocycles. The lowest BCUT2D eigenvalue weighted by Crippen LogP contribution is -2.34. The van der Waals surface area contributed by atoms with Crippen molar-refractivity contribution >= 4 is 0 Å². The van der Waals surface area contributed by atoms with Crippen LogP contribution in [0.25, 0.3) is 0 Å². The number of nitrogens with two attached hydrogens (primary N) is 1. The van der Waals surface area contributed by atoms with E-state index in [1.54, 1.807) is 0 Å². The fourth-order valence-electron chi connectivity index (χ4n) is 1.50. The van der Waals surface area contributed by atoms with Gasteiger partial charge in [0.05, 0.1) is 6.10 Å². The normalized spacial score (nSPS) is 20.0. The van der Waals surface area contributed by atoms with E-state index in [-0.39, 0.29) is 6.10 Å². The second kappa shape index (κ2) is 4.80. The van der Waals surface area contributed by atoms with Gasteiger partial charge in [0.2, 0.25) is 0 Å². The van der Waals surface area contributed by atoms with Crippen molar-refractivity contribution in [1.29, 1.82) is 0 Å². The Bertz CT molecular complexity index is 124. The average molecular weight is 172 g/mol. The van der Waals surface area contributed by atoms with E-state index in [9.17, 15) is 5.11 Å². The summed E-state index contributed by atoms with van der Waals surface area (Å²) in [5.41, 5.74) is 5.44. The first-order chi connectivity index (χ1) is 5.74. The highest BCUT2D eigenvalue weighted by Crippen LogP contribution is 2.26. The SMILES string of the molecule is CC(O)CN(CCCN)C1CC1. The molecule has 3 heteroatoms. The summed E-state index contributed by atoms with van der Waals surface area (Å²) in [5.74, 6) is 0. The second-order valence-electron chi connectivity index (χ2n) is 3.72. The molecule has 1 unspecified atom stereocenters. The van der Waals surface area contributed by atoms with Crippen LogP contribution in [-0.2, 0) is 0 Å². The van der Waals surface area contributed by atoms with Crippen LogP contribution in [0.5, 0.6) is 0 Å². The van der Waals surface area contributed by atoms with Crippen molar-refractivity contribution in [2.45, 2.75) is 38.3 Å². The standard InChI is InChI=1S/C9H20N2O/c1-8(12)7-11(6-2-5-10)9-3-4-9/h8-9,12H,2-7,10H2,1H3. The van der Waals surface area contributed by atoms with Crippen LogP contribution in [0.3, 0.4) is 0 Å². The number of hydrogen-bond donors (Lipinski definition) is 2. The van der Waals surface area contributed by atoms with E-state index in [0.29, 0.717) is 0 Å². The van der Waals surface area contributed by atoms with Crippen LogP contribution >= 0.6 is 0 Å². The fraction of sp³-hybridized carbons (Fsp3) is 1.00. The minimum absolute atomic E-state index is 0.205. The lowest BCUT2D eigenvalue weighted by Gasteiger charge is -2.22. The maximum Gasteiger partial charge on any atom is 0.0639 e. The summed E-state index contributed by atoms with van der Waals surface area (Å²) in [7, 11) is 0. The molecule has 0 radical (unpaired) electrons. The molecule has 3 N–H and O–H groups in total. The number of hydrogen-bond acceptors (Lipinski definition) is 3. The molecule has 1 aliphatic rings. The van der Waals surface area contributed by atoms with Gasteiger partial charge in [-0.3, -0.25) is 4.90 Å². The van der Waals surface area contributed by atoms with E-state index >= 15 is 0 Å². The third-order valence-corrected chi connectivity index (χ3v) is 2.21. The Labute approximate surface area is 74.5 Å². The number of aliphatic hydroxyl groups excluding tert-OH is 1. The molecule has 72 valence electrons. The zero-order valence-electron chi connectivity index (χ0n) is 7.87. The van der Waals surface area contributed by atoms with Gasteiger partial charge in [-0.05, 0) is 39.3 Å². The van der Waals surface area contributed by atoms with Gasteiger partial charge in [0, 0.05) is 12.6 Å². The molecular weight excluding hydrogens is 152 g/mol. The van der Waals surface area contributed by atoms with Crippen molar-refractivity contribution in [3.05, 3.63) is 0 Å². The predicted octanol–water partition coefficient (Wildman–Crippen LogP) is 0.180. The quantitative estimate of drug-likeness (QED) is 0.601. The highest BCUT2D eigenvalue weighted by atomic mass is 16.3. The molecule has 1 atom stereocenters. The van der Waals surface area contributed by atoms with Crippen LogP contribution in [0.1, 0.15) is 26.2 Å². The molecule has 3 nitrogen and oxygen atoms in total. The van der Waals surface area contributed by atoms with Gasteiger partial charge in [-0.15, -0.1) is 0 Å². The summed E-state index contributed by atoms with van der Waals surface area (Å²) in [6, 6.07) is 0.742. The van der Waals surface area contributed by atoms with Crippen LogP contribution in [0.2, 0.25) is 0 Å². The maximum absolute atomic E-state index is 9.23. The minimum Gasteiger partial charge on any atom is -0.392 e. The molecule has 1 aliphatic carbocycles. The van der Waals surface area contributed by atoms with E-state index in [4.69, 9.17) is 5.73 Å². The largest absolute Gasteiger partial charge is 0.392 e. The lowest BCUT2D eigenvalue weighted by atomic mass is 10.3. The monoisotopic (exact) mass is 172 g/mol. The Kier molecular flexibility index (Phi) is 3.98. The van der Waals surface area contributed by atoms with E-state index < -0.39 is 0 Å².